The van der Waals surface area contributed by atoms with Gasteiger partial charge in [0.2, 0.25) is 0 Å². The fraction of sp³-hybridized carbons (Fsp3) is 0.667. The molecular weight excluding hydrogens is 302 g/mol. The van der Waals surface area contributed by atoms with Gasteiger partial charge in [-0.3, -0.25) is 14.9 Å². The molecule has 6 nitrogen and oxygen atoms in total. The van der Waals surface area contributed by atoms with Gasteiger partial charge in [-0.2, -0.15) is 0 Å². The van der Waals surface area contributed by atoms with Crippen LogP contribution in [0.2, 0.25) is 0 Å². The van der Waals surface area contributed by atoms with Gasteiger partial charge in [0.05, 0.1) is 25.5 Å². The van der Waals surface area contributed by atoms with Crippen LogP contribution < -0.4 is 10.6 Å². The van der Waals surface area contributed by atoms with E-state index in [2.05, 4.69) is 39.4 Å². The molecule has 0 amide bonds. The topological polar surface area (TPSA) is 61.8 Å². The van der Waals surface area contributed by atoms with E-state index in [0.717, 1.165) is 44.5 Å². The van der Waals surface area contributed by atoms with E-state index >= 15 is 0 Å². The van der Waals surface area contributed by atoms with Crippen LogP contribution in [0.25, 0.3) is 0 Å². The van der Waals surface area contributed by atoms with E-state index in [1.54, 1.807) is 7.05 Å². The number of hydrogen-bond donors (Lipinski definition) is 2. The third kappa shape index (κ3) is 6.45. The summed E-state index contributed by atoms with van der Waals surface area (Å²) in [7, 11) is 1.81. The second-order valence-electron chi connectivity index (χ2n) is 6.56. The Morgan fingerprint density at radius 3 is 2.71 bits per heavy atom. The van der Waals surface area contributed by atoms with Crippen LogP contribution >= 0.6 is 0 Å². The molecule has 1 saturated heterocycles. The minimum absolute atomic E-state index is 0.502. The molecule has 2 N–H and O–H groups in total. The average molecular weight is 333 g/mol. The summed E-state index contributed by atoms with van der Waals surface area (Å²) in [6.07, 6.45) is 2.98. The van der Waals surface area contributed by atoms with Gasteiger partial charge in [0.1, 0.15) is 0 Å². The Hall–Kier alpha value is -1.66. The first-order valence-electron chi connectivity index (χ1n) is 8.85. The molecular formula is C18H31N5O. The highest BCUT2D eigenvalue weighted by molar-refractivity contribution is 5.79. The molecule has 1 aromatic heterocycles. The van der Waals surface area contributed by atoms with Crippen LogP contribution in [0.3, 0.4) is 0 Å². The molecule has 1 aromatic rings. The lowest BCUT2D eigenvalue weighted by Gasteiger charge is -2.35. The Balaban J connectivity index is 1.83. The Labute approximate surface area is 145 Å². The maximum absolute atomic E-state index is 5.48. The van der Waals surface area contributed by atoms with Crippen LogP contribution in [0.5, 0.6) is 0 Å². The number of rotatable bonds is 7. The van der Waals surface area contributed by atoms with Crippen molar-refractivity contribution in [1.29, 1.82) is 0 Å². The van der Waals surface area contributed by atoms with Gasteiger partial charge < -0.3 is 15.4 Å². The predicted octanol–water partition coefficient (Wildman–Crippen LogP) is 1.49. The Morgan fingerprint density at radius 1 is 1.29 bits per heavy atom. The Kier molecular flexibility index (Phi) is 7.98. The third-order valence-corrected chi connectivity index (χ3v) is 4.20. The summed E-state index contributed by atoms with van der Waals surface area (Å²) in [6.45, 7) is 9.82. The van der Waals surface area contributed by atoms with Crippen LogP contribution in [0, 0.1) is 5.92 Å². The number of hydrogen-bond acceptors (Lipinski definition) is 4. The average Bonchev–Trinajstić information content (AvgIpc) is 2.62. The molecule has 1 unspecified atom stereocenters. The van der Waals surface area contributed by atoms with E-state index in [1.807, 2.05) is 24.4 Å². The van der Waals surface area contributed by atoms with Gasteiger partial charge in [0, 0.05) is 38.9 Å². The van der Waals surface area contributed by atoms with Crippen molar-refractivity contribution in [2.24, 2.45) is 10.9 Å². The highest BCUT2D eigenvalue weighted by atomic mass is 16.5. The summed E-state index contributed by atoms with van der Waals surface area (Å²) in [5, 5.41) is 6.80. The van der Waals surface area contributed by atoms with Crippen molar-refractivity contribution in [3.05, 3.63) is 30.1 Å². The summed E-state index contributed by atoms with van der Waals surface area (Å²) in [6, 6.07) is 6.43. The first-order chi connectivity index (χ1) is 11.7. The number of nitrogens with zero attached hydrogens (tertiary/aromatic N) is 3. The minimum atomic E-state index is 0.502. The molecule has 1 fully saturated rings. The van der Waals surface area contributed by atoms with Crippen LogP contribution in [-0.2, 0) is 11.3 Å². The lowest BCUT2D eigenvalue weighted by atomic mass is 10.0. The van der Waals surface area contributed by atoms with E-state index in [0.29, 0.717) is 18.5 Å². The van der Waals surface area contributed by atoms with Crippen molar-refractivity contribution in [3.8, 4) is 0 Å². The molecule has 1 atom stereocenters. The van der Waals surface area contributed by atoms with Crippen molar-refractivity contribution < 1.29 is 4.74 Å². The van der Waals surface area contributed by atoms with Gasteiger partial charge in [-0.05, 0) is 24.5 Å². The molecule has 0 bridgehead atoms. The molecule has 1 aliphatic rings. The first kappa shape index (κ1) is 18.7. The van der Waals surface area contributed by atoms with Crippen LogP contribution in [0.1, 0.15) is 26.0 Å². The van der Waals surface area contributed by atoms with E-state index in [9.17, 15) is 0 Å². The van der Waals surface area contributed by atoms with Crippen molar-refractivity contribution in [1.82, 2.24) is 20.5 Å². The second kappa shape index (κ2) is 10.3. The fourth-order valence-electron chi connectivity index (χ4n) is 2.96. The summed E-state index contributed by atoms with van der Waals surface area (Å²) in [5.74, 6) is 1.49. The lowest BCUT2D eigenvalue weighted by molar-refractivity contribution is 0.0132. The number of pyridine rings is 1. The van der Waals surface area contributed by atoms with Crippen molar-refractivity contribution in [2.75, 3.05) is 39.9 Å². The van der Waals surface area contributed by atoms with Gasteiger partial charge in [0.25, 0.3) is 0 Å². The normalized spacial score (nSPS) is 17.8. The zero-order valence-electron chi connectivity index (χ0n) is 15.2. The molecule has 0 radical (unpaired) electrons. The maximum Gasteiger partial charge on any atom is 0.191 e. The van der Waals surface area contributed by atoms with Gasteiger partial charge >= 0.3 is 0 Å². The number of morpholine rings is 1. The smallest absolute Gasteiger partial charge is 0.191 e. The number of ether oxygens (including phenoxy) is 1. The minimum Gasteiger partial charge on any atom is -0.379 e. The van der Waals surface area contributed by atoms with Crippen molar-refractivity contribution >= 4 is 5.96 Å². The summed E-state index contributed by atoms with van der Waals surface area (Å²) >= 11 is 0. The predicted molar refractivity (Wildman–Crippen MR) is 98.1 cm³/mol. The van der Waals surface area contributed by atoms with Gasteiger partial charge in [-0.15, -0.1) is 0 Å². The van der Waals surface area contributed by atoms with Crippen molar-refractivity contribution in [3.63, 3.8) is 0 Å². The highest BCUT2D eigenvalue weighted by Gasteiger charge is 2.22. The van der Waals surface area contributed by atoms with Crippen LogP contribution in [-0.4, -0.2) is 61.8 Å². The molecule has 6 heteroatoms. The second-order valence-corrected chi connectivity index (χ2v) is 6.56. The fourth-order valence-corrected chi connectivity index (χ4v) is 2.96. The monoisotopic (exact) mass is 333 g/mol. The molecule has 2 rings (SSSR count). The van der Waals surface area contributed by atoms with E-state index in [1.165, 1.54) is 6.42 Å². The Bertz CT molecular complexity index is 485. The summed E-state index contributed by atoms with van der Waals surface area (Å²) < 4.78 is 5.48. The van der Waals surface area contributed by atoms with E-state index in [-0.39, 0.29) is 0 Å². The number of guanidine groups is 1. The SMILES string of the molecule is CN=C(NCc1ccccn1)NCC(CC(C)C)N1CCOCC1. The summed E-state index contributed by atoms with van der Waals surface area (Å²) in [4.78, 5) is 11.2. The van der Waals surface area contributed by atoms with Gasteiger partial charge in [0.15, 0.2) is 5.96 Å². The molecule has 0 spiro atoms. The molecule has 1 aliphatic heterocycles. The summed E-state index contributed by atoms with van der Waals surface area (Å²) in [5.41, 5.74) is 1.01. The quantitative estimate of drug-likeness (QED) is 0.585. The van der Waals surface area contributed by atoms with Gasteiger partial charge in [-0.1, -0.05) is 19.9 Å². The first-order valence-corrected chi connectivity index (χ1v) is 8.85. The van der Waals surface area contributed by atoms with Crippen molar-refractivity contribution in [2.45, 2.75) is 32.9 Å². The molecule has 0 aromatic carbocycles. The molecule has 24 heavy (non-hydrogen) atoms. The number of aliphatic imine (C=N–C) groups is 1. The van der Waals surface area contributed by atoms with E-state index < -0.39 is 0 Å². The van der Waals surface area contributed by atoms with Crippen LogP contribution in [0.4, 0.5) is 0 Å². The lowest BCUT2D eigenvalue weighted by Crippen LogP contribution is -2.51. The molecule has 2 heterocycles. The van der Waals surface area contributed by atoms with Crippen LogP contribution in [0.15, 0.2) is 29.4 Å². The van der Waals surface area contributed by atoms with Gasteiger partial charge in [-0.25, -0.2) is 0 Å². The zero-order chi connectivity index (χ0) is 17.2. The molecule has 0 aliphatic carbocycles. The maximum atomic E-state index is 5.48. The largest absolute Gasteiger partial charge is 0.379 e. The zero-order valence-corrected chi connectivity index (χ0v) is 15.2. The molecule has 0 saturated carbocycles. The van der Waals surface area contributed by atoms with E-state index in [4.69, 9.17) is 4.74 Å². The standard InChI is InChI=1S/C18H31N5O/c1-15(2)12-17(23-8-10-24-11-9-23)14-22-18(19-3)21-13-16-6-4-5-7-20-16/h4-7,15,17H,8-14H2,1-3H3,(H2,19,21,22). The number of aromatic nitrogens is 1. The third-order valence-electron chi connectivity index (χ3n) is 4.20. The Morgan fingerprint density at radius 2 is 2.08 bits per heavy atom. The highest BCUT2D eigenvalue weighted by Crippen LogP contribution is 2.12. The molecule has 134 valence electrons. The number of nitrogens with one attached hydrogen (secondary N) is 2.